The van der Waals surface area contributed by atoms with Gasteiger partial charge in [-0.05, 0) is 22.6 Å². The van der Waals surface area contributed by atoms with E-state index in [1.807, 2.05) is 0 Å². The molecule has 128 valence electrons. The number of nitrogens with zero attached hydrogens (tertiary/aromatic N) is 5. The summed E-state index contributed by atoms with van der Waals surface area (Å²) in [6.07, 6.45) is 1.41. The molecule has 0 saturated heterocycles. The summed E-state index contributed by atoms with van der Waals surface area (Å²) < 4.78 is 6.17. The lowest BCUT2D eigenvalue weighted by molar-refractivity contribution is -0.389. The summed E-state index contributed by atoms with van der Waals surface area (Å²) in [5, 5.41) is 21.2. The highest BCUT2D eigenvalue weighted by molar-refractivity contribution is 6.30. The van der Waals surface area contributed by atoms with Gasteiger partial charge in [-0.15, -0.1) is 0 Å². The average molecular weight is 363 g/mol. The summed E-state index contributed by atoms with van der Waals surface area (Å²) in [6.45, 7) is 0.320. The molecular formula is C14H11ClN6O4. The smallest absolute Gasteiger partial charge is 0.358 e. The molecule has 25 heavy (non-hydrogen) atoms. The van der Waals surface area contributed by atoms with Crippen molar-refractivity contribution in [2.75, 3.05) is 0 Å². The predicted octanol–water partition coefficient (Wildman–Crippen LogP) is 1.81. The number of hydrogen-bond donors (Lipinski definition) is 1. The van der Waals surface area contributed by atoms with Gasteiger partial charge in [-0.3, -0.25) is 4.79 Å². The van der Waals surface area contributed by atoms with Crippen LogP contribution < -0.4 is 5.32 Å². The highest BCUT2D eigenvalue weighted by atomic mass is 35.5. The quantitative estimate of drug-likeness (QED) is 0.522. The maximum atomic E-state index is 12.0. The monoisotopic (exact) mass is 362 g/mol. The second-order valence-corrected chi connectivity index (χ2v) is 5.39. The second-order valence-electron chi connectivity index (χ2n) is 4.95. The van der Waals surface area contributed by atoms with Gasteiger partial charge in [0.05, 0.1) is 17.4 Å². The molecule has 0 aliphatic heterocycles. The van der Waals surface area contributed by atoms with Gasteiger partial charge >= 0.3 is 17.6 Å². The topological polar surface area (TPSA) is 129 Å². The van der Waals surface area contributed by atoms with Crippen LogP contribution in [-0.4, -0.2) is 30.8 Å². The molecule has 0 aliphatic rings. The Morgan fingerprint density at radius 2 is 2.08 bits per heavy atom. The molecule has 0 spiro atoms. The molecule has 0 radical (unpaired) electrons. The largest absolute Gasteiger partial charge is 0.389 e. The SMILES string of the molecule is O=C(NCc1ccc(Cl)cc1)c1nc(Cn2ccc([N+](=O)[O-])n2)no1. The van der Waals surface area contributed by atoms with Crippen molar-refractivity contribution in [2.24, 2.45) is 0 Å². The fraction of sp³-hybridized carbons (Fsp3) is 0.143. The van der Waals surface area contributed by atoms with Crippen LogP contribution in [0.2, 0.25) is 5.02 Å². The summed E-state index contributed by atoms with van der Waals surface area (Å²) in [7, 11) is 0. The zero-order valence-electron chi connectivity index (χ0n) is 12.6. The van der Waals surface area contributed by atoms with Crippen LogP contribution in [0.15, 0.2) is 41.1 Å². The molecule has 11 heteroatoms. The first-order valence-corrected chi connectivity index (χ1v) is 7.42. The number of benzene rings is 1. The van der Waals surface area contributed by atoms with E-state index in [4.69, 9.17) is 16.1 Å². The molecular weight excluding hydrogens is 352 g/mol. The summed E-state index contributed by atoms with van der Waals surface area (Å²) >= 11 is 5.79. The molecule has 2 heterocycles. The number of amides is 1. The minimum Gasteiger partial charge on any atom is -0.358 e. The number of carbonyl (C=O) groups is 1. The Labute approximate surface area is 145 Å². The van der Waals surface area contributed by atoms with Crippen molar-refractivity contribution in [3.8, 4) is 0 Å². The van der Waals surface area contributed by atoms with Crippen LogP contribution >= 0.6 is 11.6 Å². The summed E-state index contributed by atoms with van der Waals surface area (Å²) in [5.41, 5.74) is 0.862. The number of nitrogens with one attached hydrogen (secondary N) is 1. The number of halogens is 1. The maximum absolute atomic E-state index is 12.0. The van der Waals surface area contributed by atoms with Crippen molar-refractivity contribution in [1.29, 1.82) is 0 Å². The van der Waals surface area contributed by atoms with Gasteiger partial charge in [0.1, 0.15) is 6.54 Å². The van der Waals surface area contributed by atoms with Crippen molar-refractivity contribution in [3.05, 3.63) is 68.9 Å². The number of aromatic nitrogens is 4. The molecule has 3 rings (SSSR count). The molecule has 2 aromatic heterocycles. The van der Waals surface area contributed by atoms with E-state index in [2.05, 4.69) is 20.6 Å². The van der Waals surface area contributed by atoms with E-state index in [1.54, 1.807) is 24.3 Å². The fourth-order valence-corrected chi connectivity index (χ4v) is 2.08. The van der Waals surface area contributed by atoms with Crippen LogP contribution in [0.5, 0.6) is 0 Å². The van der Waals surface area contributed by atoms with Crippen molar-refractivity contribution < 1.29 is 14.2 Å². The molecule has 0 fully saturated rings. The normalized spacial score (nSPS) is 10.6. The molecule has 0 aliphatic carbocycles. The molecule has 1 N–H and O–H groups in total. The molecule has 0 atom stereocenters. The van der Waals surface area contributed by atoms with Crippen LogP contribution in [0.4, 0.5) is 5.82 Å². The van der Waals surface area contributed by atoms with Crippen LogP contribution in [0.1, 0.15) is 22.1 Å². The lowest BCUT2D eigenvalue weighted by Crippen LogP contribution is -2.23. The number of carbonyl (C=O) groups excluding carboxylic acids is 1. The minimum atomic E-state index is -0.609. The standard InChI is InChI=1S/C14H11ClN6O4/c15-10-3-1-9(2-4-10)7-16-13(22)14-17-11(19-25-14)8-20-6-5-12(18-20)21(23)24/h1-6H,7-8H2,(H,16,22). The third-order valence-electron chi connectivity index (χ3n) is 3.15. The Balaban J connectivity index is 1.59. The molecule has 3 aromatic rings. The lowest BCUT2D eigenvalue weighted by Gasteiger charge is -2.02. The number of nitro groups is 1. The molecule has 10 nitrogen and oxygen atoms in total. The van der Waals surface area contributed by atoms with Crippen molar-refractivity contribution in [2.45, 2.75) is 13.1 Å². The summed E-state index contributed by atoms with van der Waals surface area (Å²) in [5.74, 6) is -0.843. The molecule has 0 saturated carbocycles. The van der Waals surface area contributed by atoms with Crippen LogP contribution in [0.3, 0.4) is 0 Å². The maximum Gasteiger partial charge on any atom is 0.389 e. The van der Waals surface area contributed by atoms with E-state index in [-0.39, 0.29) is 30.6 Å². The third-order valence-corrected chi connectivity index (χ3v) is 3.40. The van der Waals surface area contributed by atoms with Gasteiger partial charge < -0.3 is 20.0 Å². The fourth-order valence-electron chi connectivity index (χ4n) is 1.95. The van der Waals surface area contributed by atoms with Gasteiger partial charge in [0.25, 0.3) is 0 Å². The zero-order valence-corrected chi connectivity index (χ0v) is 13.4. The van der Waals surface area contributed by atoms with Gasteiger partial charge in [-0.25, -0.2) is 0 Å². The molecule has 0 unspecified atom stereocenters. The van der Waals surface area contributed by atoms with E-state index in [0.717, 1.165) is 5.56 Å². The summed E-state index contributed by atoms with van der Waals surface area (Å²) in [6, 6.07) is 8.26. The minimum absolute atomic E-state index is 0.0435. The van der Waals surface area contributed by atoms with Gasteiger partial charge in [0.2, 0.25) is 0 Å². The number of rotatable bonds is 6. The number of hydrogen-bond acceptors (Lipinski definition) is 7. The first kappa shape index (κ1) is 16.6. The third kappa shape index (κ3) is 4.18. The first-order valence-electron chi connectivity index (χ1n) is 7.04. The first-order chi connectivity index (χ1) is 12.0. The average Bonchev–Trinajstić information content (AvgIpc) is 3.24. The zero-order chi connectivity index (χ0) is 17.8. The van der Waals surface area contributed by atoms with E-state index in [0.29, 0.717) is 5.02 Å². The second kappa shape index (κ2) is 7.09. The van der Waals surface area contributed by atoms with Crippen LogP contribution in [-0.2, 0) is 13.1 Å². The predicted molar refractivity (Wildman–Crippen MR) is 84.9 cm³/mol. The van der Waals surface area contributed by atoms with Gasteiger partial charge in [-0.2, -0.15) is 9.67 Å². The van der Waals surface area contributed by atoms with Gasteiger partial charge in [0.15, 0.2) is 5.82 Å². The van der Waals surface area contributed by atoms with E-state index in [1.165, 1.54) is 16.9 Å². The highest BCUT2D eigenvalue weighted by Gasteiger charge is 2.17. The van der Waals surface area contributed by atoms with Gasteiger partial charge in [-0.1, -0.05) is 28.9 Å². The van der Waals surface area contributed by atoms with E-state index in [9.17, 15) is 14.9 Å². The molecule has 0 bridgehead atoms. The van der Waals surface area contributed by atoms with Crippen molar-refractivity contribution in [1.82, 2.24) is 25.2 Å². The Morgan fingerprint density at radius 1 is 1.32 bits per heavy atom. The van der Waals surface area contributed by atoms with Crippen molar-refractivity contribution >= 4 is 23.3 Å². The Hall–Kier alpha value is -3.27. The van der Waals surface area contributed by atoms with E-state index < -0.39 is 10.8 Å². The Kier molecular flexibility index (Phi) is 4.70. The lowest BCUT2D eigenvalue weighted by atomic mass is 10.2. The molecule has 1 aromatic carbocycles. The Morgan fingerprint density at radius 3 is 2.76 bits per heavy atom. The highest BCUT2D eigenvalue weighted by Crippen LogP contribution is 2.10. The van der Waals surface area contributed by atoms with Crippen LogP contribution in [0.25, 0.3) is 0 Å². The van der Waals surface area contributed by atoms with Crippen LogP contribution in [0, 0.1) is 10.1 Å². The van der Waals surface area contributed by atoms with Gasteiger partial charge in [0, 0.05) is 11.6 Å². The molecule has 1 amide bonds. The van der Waals surface area contributed by atoms with Crippen molar-refractivity contribution in [3.63, 3.8) is 0 Å². The Bertz CT molecular complexity index is 904. The van der Waals surface area contributed by atoms with E-state index >= 15 is 0 Å². The summed E-state index contributed by atoms with van der Waals surface area (Å²) in [4.78, 5) is 25.9.